The monoisotopic (exact) mass is 359 g/mol. The van der Waals surface area contributed by atoms with E-state index in [9.17, 15) is 0 Å². The van der Waals surface area contributed by atoms with Gasteiger partial charge in [0, 0.05) is 22.7 Å². The zero-order valence-corrected chi connectivity index (χ0v) is 15.8. The summed E-state index contributed by atoms with van der Waals surface area (Å²) >= 11 is 7.20. The zero-order valence-electron chi connectivity index (χ0n) is 14.2. The summed E-state index contributed by atoms with van der Waals surface area (Å²) < 4.78 is 0. The molecule has 128 valence electrons. The van der Waals surface area contributed by atoms with Crippen LogP contribution in [-0.2, 0) is 0 Å². The third-order valence-corrected chi connectivity index (χ3v) is 5.47. The third kappa shape index (κ3) is 5.02. The molecule has 0 aliphatic heterocycles. The zero-order chi connectivity index (χ0) is 16.8. The van der Waals surface area contributed by atoms with Crippen molar-refractivity contribution in [1.82, 2.24) is 10.3 Å². The Balaban J connectivity index is 1.59. The number of nitrogens with one attached hydrogen (secondary N) is 2. The van der Waals surface area contributed by atoms with Crippen LogP contribution in [0, 0.1) is 6.92 Å². The Bertz CT molecular complexity index is 673. The fraction of sp³-hybridized carbons (Fsp3) is 0.474. The molecule has 2 aromatic rings. The number of thiocarbonyl (C=S) groups is 1. The van der Waals surface area contributed by atoms with Crippen molar-refractivity contribution < 1.29 is 0 Å². The lowest BCUT2D eigenvalue weighted by molar-refractivity contribution is 0.430. The predicted molar refractivity (Wildman–Crippen MR) is 108 cm³/mol. The van der Waals surface area contributed by atoms with Gasteiger partial charge in [0.15, 0.2) is 5.11 Å². The first-order chi connectivity index (χ1) is 11.7. The smallest absolute Gasteiger partial charge is 0.170 e. The van der Waals surface area contributed by atoms with E-state index >= 15 is 0 Å². The summed E-state index contributed by atoms with van der Waals surface area (Å²) in [7, 11) is 0. The SMILES string of the molecule is Cc1nc(-c2cccc(NC(=S)NC3CCCCCCC3)c2)cs1. The molecule has 3 nitrogen and oxygen atoms in total. The van der Waals surface area contributed by atoms with Crippen LogP contribution < -0.4 is 10.6 Å². The Kier molecular flexibility index (Phi) is 6.21. The molecule has 0 amide bonds. The van der Waals surface area contributed by atoms with Crippen LogP contribution in [0.5, 0.6) is 0 Å². The maximum atomic E-state index is 5.52. The van der Waals surface area contributed by atoms with Crippen molar-refractivity contribution in [2.45, 2.75) is 57.9 Å². The number of aromatic nitrogens is 1. The van der Waals surface area contributed by atoms with E-state index in [-0.39, 0.29) is 0 Å². The van der Waals surface area contributed by atoms with E-state index in [4.69, 9.17) is 12.2 Å². The summed E-state index contributed by atoms with van der Waals surface area (Å²) in [6.07, 6.45) is 9.15. The van der Waals surface area contributed by atoms with Crippen molar-refractivity contribution in [3.05, 3.63) is 34.7 Å². The van der Waals surface area contributed by atoms with Gasteiger partial charge in [0.25, 0.3) is 0 Å². The van der Waals surface area contributed by atoms with E-state index in [1.165, 1.54) is 44.9 Å². The summed E-state index contributed by atoms with van der Waals surface area (Å²) in [6, 6.07) is 8.81. The van der Waals surface area contributed by atoms with Crippen molar-refractivity contribution in [2.75, 3.05) is 5.32 Å². The van der Waals surface area contributed by atoms with Crippen molar-refractivity contribution in [3.8, 4) is 11.3 Å². The van der Waals surface area contributed by atoms with Crippen molar-refractivity contribution >= 4 is 34.4 Å². The molecule has 1 aromatic carbocycles. The Morgan fingerprint density at radius 3 is 2.62 bits per heavy atom. The van der Waals surface area contributed by atoms with Crippen LogP contribution in [0.15, 0.2) is 29.6 Å². The Hall–Kier alpha value is -1.46. The summed E-state index contributed by atoms with van der Waals surface area (Å²) in [5.74, 6) is 0. The molecule has 1 aliphatic carbocycles. The molecule has 0 atom stereocenters. The number of hydrogen-bond acceptors (Lipinski definition) is 3. The molecule has 0 radical (unpaired) electrons. The normalized spacial score (nSPS) is 16.2. The topological polar surface area (TPSA) is 37.0 Å². The number of aryl methyl sites for hydroxylation is 1. The van der Waals surface area contributed by atoms with Gasteiger partial charge < -0.3 is 10.6 Å². The Morgan fingerprint density at radius 2 is 1.92 bits per heavy atom. The van der Waals surface area contributed by atoms with Crippen LogP contribution >= 0.6 is 23.6 Å². The molecule has 1 aromatic heterocycles. The molecule has 5 heteroatoms. The van der Waals surface area contributed by atoms with Gasteiger partial charge in [0.2, 0.25) is 0 Å². The van der Waals surface area contributed by atoms with Crippen molar-refractivity contribution in [1.29, 1.82) is 0 Å². The standard InChI is InChI=1S/C19H25N3S2/c1-14-20-18(13-24-14)15-8-7-11-17(12-15)22-19(23)21-16-9-5-3-2-4-6-10-16/h7-8,11-13,16H,2-6,9-10H2,1H3,(H2,21,22,23). The second-order valence-corrected chi connectivity index (χ2v) is 7.94. The molecular weight excluding hydrogens is 334 g/mol. The number of thiazole rings is 1. The molecule has 1 saturated carbocycles. The molecule has 3 rings (SSSR count). The molecular formula is C19H25N3S2. The highest BCUT2D eigenvalue weighted by molar-refractivity contribution is 7.80. The molecule has 2 N–H and O–H groups in total. The largest absolute Gasteiger partial charge is 0.360 e. The lowest BCUT2D eigenvalue weighted by Gasteiger charge is -2.23. The average molecular weight is 360 g/mol. The number of rotatable bonds is 3. The van der Waals surface area contributed by atoms with Crippen LogP contribution in [0.4, 0.5) is 5.69 Å². The summed E-state index contributed by atoms with van der Waals surface area (Å²) in [5.41, 5.74) is 3.17. The average Bonchev–Trinajstić information content (AvgIpc) is 2.97. The van der Waals surface area contributed by atoms with Gasteiger partial charge in [-0.2, -0.15) is 0 Å². The van der Waals surface area contributed by atoms with Crippen LogP contribution in [0.3, 0.4) is 0 Å². The molecule has 1 heterocycles. The minimum Gasteiger partial charge on any atom is -0.360 e. The number of anilines is 1. The van der Waals surface area contributed by atoms with Gasteiger partial charge in [-0.15, -0.1) is 11.3 Å². The van der Waals surface area contributed by atoms with Crippen molar-refractivity contribution in [3.63, 3.8) is 0 Å². The van der Waals surface area contributed by atoms with Crippen molar-refractivity contribution in [2.24, 2.45) is 0 Å². The fourth-order valence-electron chi connectivity index (χ4n) is 3.21. The number of hydrogen-bond donors (Lipinski definition) is 2. The molecule has 0 unspecified atom stereocenters. The third-order valence-electron chi connectivity index (χ3n) is 4.48. The Labute approximate surface area is 153 Å². The second kappa shape index (κ2) is 8.58. The molecule has 0 spiro atoms. The van der Waals surface area contributed by atoms with E-state index in [1.54, 1.807) is 11.3 Å². The molecule has 0 saturated heterocycles. The summed E-state index contributed by atoms with van der Waals surface area (Å²) in [6.45, 7) is 2.03. The lowest BCUT2D eigenvalue weighted by Crippen LogP contribution is -2.38. The van der Waals surface area contributed by atoms with Crippen LogP contribution in [0.1, 0.15) is 50.0 Å². The van der Waals surface area contributed by atoms with Gasteiger partial charge in [-0.05, 0) is 44.1 Å². The first-order valence-electron chi connectivity index (χ1n) is 8.81. The van der Waals surface area contributed by atoms with E-state index in [0.29, 0.717) is 6.04 Å². The fourth-order valence-corrected chi connectivity index (χ4v) is 4.11. The van der Waals surface area contributed by atoms with Gasteiger partial charge in [0.1, 0.15) is 0 Å². The molecule has 1 fully saturated rings. The second-order valence-electron chi connectivity index (χ2n) is 6.47. The van der Waals surface area contributed by atoms with Gasteiger partial charge in [-0.1, -0.05) is 44.2 Å². The lowest BCUT2D eigenvalue weighted by atomic mass is 9.97. The van der Waals surface area contributed by atoms with Crippen LogP contribution in [0.25, 0.3) is 11.3 Å². The van der Waals surface area contributed by atoms with E-state index < -0.39 is 0 Å². The molecule has 24 heavy (non-hydrogen) atoms. The van der Waals surface area contributed by atoms with Crippen LogP contribution in [-0.4, -0.2) is 16.1 Å². The minimum absolute atomic E-state index is 0.509. The van der Waals surface area contributed by atoms with Crippen LogP contribution in [0.2, 0.25) is 0 Å². The highest BCUT2D eigenvalue weighted by atomic mass is 32.1. The first-order valence-corrected chi connectivity index (χ1v) is 10.1. The van der Waals surface area contributed by atoms with E-state index in [0.717, 1.165) is 27.1 Å². The van der Waals surface area contributed by atoms with E-state index in [1.807, 2.05) is 13.0 Å². The maximum absolute atomic E-state index is 5.52. The Morgan fingerprint density at radius 1 is 1.17 bits per heavy atom. The van der Waals surface area contributed by atoms with Gasteiger partial charge >= 0.3 is 0 Å². The summed E-state index contributed by atoms with van der Waals surface area (Å²) in [5, 5.41) is 10.8. The minimum atomic E-state index is 0.509. The number of benzene rings is 1. The quantitative estimate of drug-likeness (QED) is 0.708. The van der Waals surface area contributed by atoms with Gasteiger partial charge in [0.05, 0.1) is 10.7 Å². The molecule has 1 aliphatic rings. The van der Waals surface area contributed by atoms with E-state index in [2.05, 4.69) is 39.2 Å². The molecule has 0 bridgehead atoms. The number of nitrogens with zero attached hydrogens (tertiary/aromatic N) is 1. The van der Waals surface area contributed by atoms with Gasteiger partial charge in [-0.3, -0.25) is 0 Å². The predicted octanol–water partition coefficient (Wildman–Crippen LogP) is 5.52. The summed E-state index contributed by atoms with van der Waals surface area (Å²) in [4.78, 5) is 4.56. The highest BCUT2D eigenvalue weighted by Crippen LogP contribution is 2.24. The van der Waals surface area contributed by atoms with Gasteiger partial charge in [-0.25, -0.2) is 4.98 Å². The highest BCUT2D eigenvalue weighted by Gasteiger charge is 2.12. The maximum Gasteiger partial charge on any atom is 0.170 e. The first kappa shape index (κ1) is 17.4.